The predicted molar refractivity (Wildman–Crippen MR) is 104 cm³/mol. The zero-order valence-corrected chi connectivity index (χ0v) is 15.6. The predicted octanol–water partition coefficient (Wildman–Crippen LogP) is 3.49. The highest BCUT2D eigenvalue weighted by molar-refractivity contribution is 5.92. The number of rotatable bonds is 5. The Bertz CT molecular complexity index is 718. The second-order valence-corrected chi connectivity index (χ2v) is 6.76. The number of hydrogen-bond donors (Lipinski definition) is 1. The molecule has 1 heterocycles. The summed E-state index contributed by atoms with van der Waals surface area (Å²) in [6.45, 7) is 5.82. The van der Waals surface area contributed by atoms with Crippen LogP contribution in [0, 0.1) is 0 Å². The molecule has 1 amide bonds. The second-order valence-electron chi connectivity index (χ2n) is 6.76. The lowest BCUT2D eigenvalue weighted by Crippen LogP contribution is -2.49. The van der Waals surface area contributed by atoms with E-state index < -0.39 is 0 Å². The molecule has 1 saturated heterocycles. The van der Waals surface area contributed by atoms with Crippen molar-refractivity contribution in [1.29, 1.82) is 0 Å². The number of morpholine rings is 1. The second kappa shape index (κ2) is 8.23. The summed E-state index contributed by atoms with van der Waals surface area (Å²) >= 11 is 0. The maximum absolute atomic E-state index is 12.3. The zero-order valence-electron chi connectivity index (χ0n) is 15.6. The molecule has 2 aromatic carbocycles. The Kier molecular flexibility index (Phi) is 5.78. The van der Waals surface area contributed by atoms with Crippen LogP contribution in [0.2, 0.25) is 0 Å². The van der Waals surface area contributed by atoms with Crippen LogP contribution in [0.15, 0.2) is 48.5 Å². The molecular weight excluding hydrogens is 328 g/mol. The van der Waals surface area contributed by atoms with E-state index in [2.05, 4.69) is 36.2 Å². The first kappa shape index (κ1) is 18.3. The summed E-state index contributed by atoms with van der Waals surface area (Å²) in [5, 5.41) is 2.96. The van der Waals surface area contributed by atoms with Crippen molar-refractivity contribution in [3.63, 3.8) is 0 Å². The average molecular weight is 354 g/mol. The lowest BCUT2D eigenvalue weighted by molar-refractivity contribution is -0.115. The molecule has 0 radical (unpaired) electrons. The van der Waals surface area contributed by atoms with Gasteiger partial charge >= 0.3 is 0 Å². The molecule has 0 aromatic heterocycles. The van der Waals surface area contributed by atoms with Crippen molar-refractivity contribution >= 4 is 17.3 Å². The van der Waals surface area contributed by atoms with E-state index in [1.165, 1.54) is 0 Å². The Morgan fingerprint density at radius 3 is 2.27 bits per heavy atom. The van der Waals surface area contributed by atoms with E-state index in [4.69, 9.17) is 9.47 Å². The van der Waals surface area contributed by atoms with E-state index in [1.807, 2.05) is 36.4 Å². The summed E-state index contributed by atoms with van der Waals surface area (Å²) in [4.78, 5) is 14.6. The molecule has 26 heavy (non-hydrogen) atoms. The van der Waals surface area contributed by atoms with Gasteiger partial charge in [-0.15, -0.1) is 0 Å². The first-order chi connectivity index (χ1) is 12.6. The maximum Gasteiger partial charge on any atom is 0.228 e. The zero-order chi connectivity index (χ0) is 18.5. The van der Waals surface area contributed by atoms with Gasteiger partial charge in [0.2, 0.25) is 5.91 Å². The van der Waals surface area contributed by atoms with Crippen LogP contribution in [-0.2, 0) is 16.0 Å². The van der Waals surface area contributed by atoms with Crippen LogP contribution in [0.4, 0.5) is 11.4 Å². The van der Waals surface area contributed by atoms with Crippen molar-refractivity contribution in [2.24, 2.45) is 0 Å². The summed E-state index contributed by atoms with van der Waals surface area (Å²) < 4.78 is 10.7. The minimum atomic E-state index is -0.0315. The van der Waals surface area contributed by atoms with E-state index in [0.717, 1.165) is 35.9 Å². The Morgan fingerprint density at radius 1 is 1.08 bits per heavy atom. The number of ether oxygens (including phenoxy) is 2. The van der Waals surface area contributed by atoms with Crippen molar-refractivity contribution in [3.8, 4) is 5.75 Å². The van der Waals surface area contributed by atoms with Gasteiger partial charge in [-0.1, -0.05) is 12.1 Å². The maximum atomic E-state index is 12.3. The largest absolute Gasteiger partial charge is 0.497 e. The summed E-state index contributed by atoms with van der Waals surface area (Å²) in [5.41, 5.74) is 2.91. The normalized spacial score (nSPS) is 19.9. The van der Waals surface area contributed by atoms with E-state index >= 15 is 0 Å². The molecule has 138 valence electrons. The minimum absolute atomic E-state index is 0.0315. The summed E-state index contributed by atoms with van der Waals surface area (Å²) in [6.07, 6.45) is 0.337. The van der Waals surface area contributed by atoms with E-state index in [1.54, 1.807) is 7.11 Å². The molecule has 1 N–H and O–H groups in total. The molecule has 2 unspecified atom stereocenters. The number of nitrogens with zero attached hydrogens (tertiary/aromatic N) is 1. The number of carbonyl (C=O) groups is 1. The van der Waals surface area contributed by atoms with Gasteiger partial charge in [-0.2, -0.15) is 0 Å². The topological polar surface area (TPSA) is 50.8 Å². The number of anilines is 2. The smallest absolute Gasteiger partial charge is 0.228 e. The summed E-state index contributed by atoms with van der Waals surface area (Å²) in [6, 6.07) is 16.2. The van der Waals surface area contributed by atoms with Crippen molar-refractivity contribution in [1.82, 2.24) is 0 Å². The van der Waals surface area contributed by atoms with E-state index in [0.29, 0.717) is 18.5 Å². The van der Waals surface area contributed by atoms with Gasteiger partial charge in [-0.3, -0.25) is 4.79 Å². The molecule has 5 nitrogen and oxygen atoms in total. The van der Waals surface area contributed by atoms with Gasteiger partial charge < -0.3 is 19.7 Å². The quantitative estimate of drug-likeness (QED) is 0.893. The Morgan fingerprint density at radius 2 is 1.69 bits per heavy atom. The highest BCUT2D eigenvalue weighted by Crippen LogP contribution is 2.25. The molecule has 2 atom stereocenters. The molecular formula is C21H26N2O3. The first-order valence-electron chi connectivity index (χ1n) is 8.95. The van der Waals surface area contributed by atoms with Crippen LogP contribution in [0.1, 0.15) is 19.4 Å². The third-order valence-electron chi connectivity index (χ3n) is 4.64. The van der Waals surface area contributed by atoms with Crippen molar-refractivity contribution in [2.75, 3.05) is 30.5 Å². The number of amides is 1. The molecule has 0 bridgehead atoms. The van der Waals surface area contributed by atoms with Crippen LogP contribution < -0.4 is 15.0 Å². The molecule has 0 saturated carbocycles. The number of benzene rings is 2. The van der Waals surface area contributed by atoms with Gasteiger partial charge in [0.1, 0.15) is 5.75 Å². The molecule has 0 spiro atoms. The third-order valence-corrected chi connectivity index (χ3v) is 4.64. The van der Waals surface area contributed by atoms with Crippen LogP contribution in [0.5, 0.6) is 5.75 Å². The van der Waals surface area contributed by atoms with Crippen LogP contribution >= 0.6 is 0 Å². The number of nitrogens with one attached hydrogen (secondary N) is 1. The lowest BCUT2D eigenvalue weighted by atomic mass is 10.1. The average Bonchev–Trinajstić information content (AvgIpc) is 2.63. The summed E-state index contributed by atoms with van der Waals surface area (Å²) in [5.74, 6) is 0.757. The van der Waals surface area contributed by atoms with Crippen molar-refractivity contribution in [2.45, 2.75) is 32.4 Å². The Balaban J connectivity index is 1.60. The van der Waals surface area contributed by atoms with Crippen molar-refractivity contribution < 1.29 is 14.3 Å². The highest BCUT2D eigenvalue weighted by atomic mass is 16.5. The van der Waals surface area contributed by atoms with Gasteiger partial charge in [0.05, 0.1) is 26.7 Å². The van der Waals surface area contributed by atoms with Gasteiger partial charge in [0.15, 0.2) is 0 Å². The van der Waals surface area contributed by atoms with Gasteiger partial charge in [0, 0.05) is 23.5 Å². The monoisotopic (exact) mass is 354 g/mol. The van der Waals surface area contributed by atoms with Crippen LogP contribution in [0.3, 0.4) is 0 Å². The van der Waals surface area contributed by atoms with E-state index in [-0.39, 0.29) is 5.91 Å². The molecule has 1 fully saturated rings. The Hall–Kier alpha value is -2.53. The lowest BCUT2D eigenvalue weighted by Gasteiger charge is -2.40. The molecule has 2 aromatic rings. The number of hydrogen-bond acceptors (Lipinski definition) is 4. The molecule has 5 heteroatoms. The Labute approximate surface area is 154 Å². The SMILES string of the molecule is COc1ccc(CC(=O)Nc2ccc(N3C(C)COCC3C)cc2)cc1. The third kappa shape index (κ3) is 4.35. The minimum Gasteiger partial charge on any atom is -0.497 e. The molecule has 0 aliphatic carbocycles. The van der Waals surface area contributed by atoms with Gasteiger partial charge in [-0.25, -0.2) is 0 Å². The van der Waals surface area contributed by atoms with E-state index in [9.17, 15) is 4.79 Å². The fourth-order valence-corrected chi connectivity index (χ4v) is 3.36. The van der Waals surface area contributed by atoms with Gasteiger partial charge in [-0.05, 0) is 55.8 Å². The van der Waals surface area contributed by atoms with Crippen LogP contribution in [-0.4, -0.2) is 38.3 Å². The van der Waals surface area contributed by atoms with Crippen molar-refractivity contribution in [3.05, 3.63) is 54.1 Å². The summed E-state index contributed by atoms with van der Waals surface area (Å²) in [7, 11) is 1.63. The molecule has 1 aliphatic heterocycles. The van der Waals surface area contributed by atoms with Crippen LogP contribution in [0.25, 0.3) is 0 Å². The fraction of sp³-hybridized carbons (Fsp3) is 0.381. The van der Waals surface area contributed by atoms with Gasteiger partial charge in [0.25, 0.3) is 0 Å². The highest BCUT2D eigenvalue weighted by Gasteiger charge is 2.25. The first-order valence-corrected chi connectivity index (χ1v) is 8.95. The number of methoxy groups -OCH3 is 1. The molecule has 3 rings (SSSR count). The number of carbonyl (C=O) groups excluding carboxylic acids is 1. The molecule has 1 aliphatic rings. The fourth-order valence-electron chi connectivity index (χ4n) is 3.36. The standard InChI is InChI=1S/C21H26N2O3/c1-15-13-26-14-16(2)23(15)19-8-6-18(7-9-19)22-21(24)12-17-4-10-20(25-3)11-5-17/h4-11,15-16H,12-14H2,1-3H3,(H,22,24).